The fourth-order valence-electron chi connectivity index (χ4n) is 3.25. The first-order valence-corrected chi connectivity index (χ1v) is 11.2. The molecule has 0 saturated carbocycles. The fourth-order valence-corrected chi connectivity index (χ4v) is 5.37. The summed E-state index contributed by atoms with van der Waals surface area (Å²) in [7, 11) is -0.932. The van der Waals surface area contributed by atoms with Crippen molar-refractivity contribution >= 4 is 23.7 Å². The number of carbonyl (C=O) groups excluding carboxylic acids is 3. The van der Waals surface area contributed by atoms with Gasteiger partial charge in [-0.3, -0.25) is 18.9 Å². The van der Waals surface area contributed by atoms with E-state index in [1.807, 2.05) is 0 Å². The molecule has 0 saturated heterocycles. The summed E-state index contributed by atoms with van der Waals surface area (Å²) in [5, 5.41) is 0. The first kappa shape index (κ1) is 23.0. The smallest absolute Gasteiger partial charge is 0.287 e. The van der Waals surface area contributed by atoms with Gasteiger partial charge in [-0.25, -0.2) is 0 Å². The lowest BCUT2D eigenvalue weighted by Gasteiger charge is -2.18. The number of ether oxygens (including phenoxy) is 3. The molecular formula is C24H21O7P. The molecule has 0 atom stereocenters. The Balaban J connectivity index is 2.28. The monoisotopic (exact) mass is 452 g/mol. The second-order valence-electron chi connectivity index (χ2n) is 6.63. The highest BCUT2D eigenvalue weighted by atomic mass is 31.2. The van der Waals surface area contributed by atoms with Crippen LogP contribution in [0.1, 0.15) is 31.1 Å². The first-order chi connectivity index (χ1) is 15.4. The molecule has 0 bridgehead atoms. The molecule has 3 aromatic carbocycles. The minimum absolute atomic E-state index is 0.0957. The predicted molar refractivity (Wildman–Crippen MR) is 120 cm³/mol. The van der Waals surface area contributed by atoms with Crippen LogP contribution in [0.25, 0.3) is 0 Å². The fraction of sp³-hybridized carbons (Fsp3) is 0.125. The van der Waals surface area contributed by atoms with E-state index >= 15 is 0 Å². The second-order valence-corrected chi connectivity index (χ2v) is 9.06. The van der Waals surface area contributed by atoms with Crippen LogP contribution >= 0.6 is 7.14 Å². The zero-order valence-corrected chi connectivity index (χ0v) is 18.6. The first-order valence-electron chi connectivity index (χ1n) is 9.53. The molecule has 3 rings (SSSR count). The highest BCUT2D eigenvalue weighted by molar-refractivity contribution is 8.07. The molecule has 32 heavy (non-hydrogen) atoms. The minimum Gasteiger partial charge on any atom is -0.496 e. The van der Waals surface area contributed by atoms with Crippen molar-refractivity contribution in [2.24, 2.45) is 0 Å². The molecular weight excluding hydrogens is 431 g/mol. The van der Waals surface area contributed by atoms with Crippen molar-refractivity contribution in [3.8, 4) is 17.2 Å². The van der Waals surface area contributed by atoms with Crippen molar-refractivity contribution in [3.05, 3.63) is 89.5 Å². The Morgan fingerprint density at radius 1 is 0.531 bits per heavy atom. The summed E-state index contributed by atoms with van der Waals surface area (Å²) in [5.74, 6) is 0.287. The molecule has 164 valence electrons. The molecule has 8 heteroatoms. The third-order valence-corrected chi connectivity index (χ3v) is 7.31. The summed E-state index contributed by atoms with van der Waals surface area (Å²) in [6.45, 7) is 0. The van der Waals surface area contributed by atoms with Gasteiger partial charge in [-0.15, -0.1) is 0 Å². The van der Waals surface area contributed by atoms with E-state index in [1.165, 1.54) is 75.9 Å². The third kappa shape index (κ3) is 3.95. The molecule has 3 aromatic rings. The van der Waals surface area contributed by atoms with Crippen LogP contribution in [0.4, 0.5) is 0 Å². The minimum atomic E-state index is -4.94. The maximum absolute atomic E-state index is 14.3. The van der Waals surface area contributed by atoms with Crippen molar-refractivity contribution in [3.63, 3.8) is 0 Å². The van der Waals surface area contributed by atoms with Gasteiger partial charge in [0.25, 0.3) is 7.14 Å². The van der Waals surface area contributed by atoms with Crippen LogP contribution in [-0.4, -0.2) is 37.9 Å². The summed E-state index contributed by atoms with van der Waals surface area (Å²) in [4.78, 5) is 40.8. The summed E-state index contributed by atoms with van der Waals surface area (Å²) in [6.07, 6.45) is 0. The van der Waals surface area contributed by atoms with Crippen molar-refractivity contribution in [1.29, 1.82) is 0 Å². The van der Waals surface area contributed by atoms with E-state index in [9.17, 15) is 18.9 Å². The lowest BCUT2D eigenvalue weighted by atomic mass is 10.2. The zero-order valence-electron chi connectivity index (χ0n) is 17.7. The standard InChI is InChI=1S/C24H21O7P/c1-29-19-13-7-4-10-16(19)22(25)32(28,23(26)17-11-5-8-14-20(17)30-2)24(27)18-12-6-9-15-21(18)31-3/h4-15H,1-3H3. The summed E-state index contributed by atoms with van der Waals surface area (Å²) >= 11 is 0. The molecule has 0 amide bonds. The second kappa shape index (κ2) is 9.62. The number of methoxy groups -OCH3 is 3. The maximum atomic E-state index is 14.3. The maximum Gasteiger partial charge on any atom is 0.287 e. The number of carbonyl (C=O) groups is 3. The van der Waals surface area contributed by atoms with Crippen LogP contribution in [0.2, 0.25) is 0 Å². The van der Waals surface area contributed by atoms with Gasteiger partial charge in [0.2, 0.25) is 16.6 Å². The van der Waals surface area contributed by atoms with Crippen molar-refractivity contribution in [1.82, 2.24) is 0 Å². The van der Waals surface area contributed by atoms with Crippen LogP contribution in [0.15, 0.2) is 72.8 Å². The van der Waals surface area contributed by atoms with Crippen molar-refractivity contribution < 1.29 is 33.2 Å². The van der Waals surface area contributed by atoms with Gasteiger partial charge in [-0.05, 0) is 36.4 Å². The van der Waals surface area contributed by atoms with Crippen LogP contribution in [0, 0.1) is 0 Å². The Labute approximate surface area is 185 Å². The van der Waals surface area contributed by atoms with Gasteiger partial charge >= 0.3 is 0 Å². The van der Waals surface area contributed by atoms with Gasteiger partial charge in [0, 0.05) is 0 Å². The summed E-state index contributed by atoms with van der Waals surface area (Å²) < 4.78 is 29.9. The van der Waals surface area contributed by atoms with E-state index in [0.717, 1.165) is 0 Å². The Morgan fingerprint density at radius 3 is 1.03 bits per heavy atom. The summed E-state index contributed by atoms with van der Waals surface area (Å²) in [6, 6.07) is 18.0. The lowest BCUT2D eigenvalue weighted by molar-refractivity contribution is 0.0999. The van der Waals surface area contributed by atoms with Gasteiger partial charge in [-0.2, -0.15) is 0 Å². The molecule has 0 heterocycles. The van der Waals surface area contributed by atoms with E-state index < -0.39 is 23.7 Å². The zero-order chi connectivity index (χ0) is 23.3. The molecule has 0 spiro atoms. The molecule has 7 nitrogen and oxygen atoms in total. The number of para-hydroxylation sites is 3. The van der Waals surface area contributed by atoms with E-state index in [0.29, 0.717) is 0 Å². The average Bonchev–Trinajstić information content (AvgIpc) is 2.86. The van der Waals surface area contributed by atoms with Gasteiger partial charge < -0.3 is 14.2 Å². The number of rotatable bonds is 9. The number of benzene rings is 3. The van der Waals surface area contributed by atoms with Crippen LogP contribution in [-0.2, 0) is 4.57 Å². The largest absolute Gasteiger partial charge is 0.496 e. The van der Waals surface area contributed by atoms with Crippen molar-refractivity contribution in [2.45, 2.75) is 0 Å². The Hall–Kier alpha value is -3.70. The number of hydrogen-bond acceptors (Lipinski definition) is 7. The lowest BCUT2D eigenvalue weighted by Crippen LogP contribution is -2.19. The summed E-state index contributed by atoms with van der Waals surface area (Å²) in [5.41, 5.74) is -3.77. The molecule has 0 aliphatic carbocycles. The molecule has 0 unspecified atom stereocenters. The molecule has 0 radical (unpaired) electrons. The Morgan fingerprint density at radius 2 is 0.781 bits per heavy atom. The normalized spacial score (nSPS) is 10.8. The quantitative estimate of drug-likeness (QED) is 0.426. The molecule has 0 N–H and O–H groups in total. The van der Waals surface area contributed by atoms with E-state index in [-0.39, 0.29) is 33.9 Å². The van der Waals surface area contributed by atoms with E-state index in [4.69, 9.17) is 14.2 Å². The topological polar surface area (TPSA) is 96.0 Å². The third-order valence-electron chi connectivity index (χ3n) is 4.87. The van der Waals surface area contributed by atoms with Crippen LogP contribution < -0.4 is 14.2 Å². The predicted octanol–water partition coefficient (Wildman–Crippen LogP) is 4.90. The molecule has 0 aliphatic rings. The Bertz CT molecular complexity index is 1080. The van der Waals surface area contributed by atoms with E-state index in [1.54, 1.807) is 18.2 Å². The van der Waals surface area contributed by atoms with Gasteiger partial charge in [-0.1, -0.05) is 36.4 Å². The van der Waals surface area contributed by atoms with Gasteiger partial charge in [0.1, 0.15) is 17.2 Å². The van der Waals surface area contributed by atoms with Gasteiger partial charge in [0.05, 0.1) is 38.0 Å². The highest BCUT2D eigenvalue weighted by Crippen LogP contribution is 2.57. The molecule has 0 fully saturated rings. The Kier molecular flexibility index (Phi) is 6.91. The van der Waals surface area contributed by atoms with Gasteiger partial charge in [0.15, 0.2) is 0 Å². The highest BCUT2D eigenvalue weighted by Gasteiger charge is 2.50. The molecule has 0 aromatic heterocycles. The number of hydrogen-bond donors (Lipinski definition) is 0. The molecule has 0 aliphatic heterocycles. The van der Waals surface area contributed by atoms with Crippen LogP contribution in [0.3, 0.4) is 0 Å². The van der Waals surface area contributed by atoms with Crippen molar-refractivity contribution in [2.75, 3.05) is 21.3 Å². The van der Waals surface area contributed by atoms with E-state index in [2.05, 4.69) is 0 Å². The SMILES string of the molecule is COc1ccccc1C(=O)P(=O)(C(=O)c1ccccc1OC)C(=O)c1ccccc1OC. The average molecular weight is 452 g/mol. The van der Waals surface area contributed by atoms with Crippen LogP contribution in [0.5, 0.6) is 17.2 Å².